The van der Waals surface area contributed by atoms with Crippen molar-refractivity contribution in [1.82, 2.24) is 10.3 Å². The molecule has 0 saturated carbocycles. The molecule has 1 aliphatic rings. The second-order valence-corrected chi connectivity index (χ2v) is 4.60. The number of halogens is 1. The molecule has 1 saturated heterocycles. The summed E-state index contributed by atoms with van der Waals surface area (Å²) >= 11 is 0. The molecular weight excluding hydrogens is 281 g/mol. The van der Waals surface area contributed by atoms with Gasteiger partial charge in [0.05, 0.1) is 12.2 Å². The van der Waals surface area contributed by atoms with Crippen molar-refractivity contribution >= 4 is 28.8 Å². The van der Waals surface area contributed by atoms with Gasteiger partial charge in [0.15, 0.2) is 23.4 Å². The third-order valence-electron chi connectivity index (χ3n) is 3.20. The van der Waals surface area contributed by atoms with E-state index in [0.717, 1.165) is 6.07 Å². The SMILES string of the molecule is CNC(=O)[C@H]1CN(c2cc(F)c3nc(C)oc3c2)C(=O)O1. The molecule has 21 heavy (non-hydrogen) atoms. The predicted octanol–water partition coefficient (Wildman–Crippen LogP) is 1.35. The maximum absolute atomic E-state index is 14.0. The van der Waals surface area contributed by atoms with Crippen molar-refractivity contribution in [3.8, 4) is 0 Å². The minimum Gasteiger partial charge on any atom is -0.441 e. The van der Waals surface area contributed by atoms with Crippen molar-refractivity contribution in [2.24, 2.45) is 0 Å². The summed E-state index contributed by atoms with van der Waals surface area (Å²) in [5.74, 6) is -0.688. The lowest BCUT2D eigenvalue weighted by Crippen LogP contribution is -2.35. The number of likely N-dealkylation sites (N-methyl/N-ethyl adjacent to an activating group) is 1. The summed E-state index contributed by atoms with van der Waals surface area (Å²) in [5.41, 5.74) is 0.595. The molecule has 7 nitrogen and oxygen atoms in total. The molecule has 8 heteroatoms. The number of nitrogens with zero attached hydrogens (tertiary/aromatic N) is 2. The van der Waals surface area contributed by atoms with Gasteiger partial charge in [0.2, 0.25) is 0 Å². The average Bonchev–Trinajstić information content (AvgIpc) is 3.00. The van der Waals surface area contributed by atoms with Gasteiger partial charge < -0.3 is 14.5 Å². The molecule has 2 amide bonds. The van der Waals surface area contributed by atoms with E-state index in [1.165, 1.54) is 18.0 Å². The Morgan fingerprint density at radius 3 is 3.00 bits per heavy atom. The minimum absolute atomic E-state index is 0.0105. The lowest BCUT2D eigenvalue weighted by molar-refractivity contribution is -0.127. The smallest absolute Gasteiger partial charge is 0.415 e. The fourth-order valence-electron chi connectivity index (χ4n) is 2.21. The van der Waals surface area contributed by atoms with Crippen molar-refractivity contribution in [1.29, 1.82) is 0 Å². The van der Waals surface area contributed by atoms with Crippen molar-refractivity contribution in [2.45, 2.75) is 13.0 Å². The van der Waals surface area contributed by atoms with Crippen LogP contribution in [0.15, 0.2) is 16.5 Å². The standard InChI is InChI=1S/C13H12FN3O4/c1-6-16-11-8(14)3-7(4-9(11)20-6)17-5-10(12(18)15-2)21-13(17)19/h3-4,10H,5H2,1-2H3,(H,15,18)/t10-/m1/s1. The summed E-state index contributed by atoms with van der Waals surface area (Å²) in [6, 6.07) is 2.66. The summed E-state index contributed by atoms with van der Waals surface area (Å²) in [6.07, 6.45) is -1.63. The molecule has 0 unspecified atom stereocenters. The maximum Gasteiger partial charge on any atom is 0.415 e. The number of fused-ring (bicyclic) bond motifs is 1. The average molecular weight is 293 g/mol. The zero-order valence-electron chi connectivity index (χ0n) is 11.3. The Morgan fingerprint density at radius 1 is 1.52 bits per heavy atom. The summed E-state index contributed by atoms with van der Waals surface area (Å²) in [5, 5.41) is 2.40. The molecule has 2 heterocycles. The molecule has 1 aromatic heterocycles. The molecule has 0 radical (unpaired) electrons. The molecule has 1 fully saturated rings. The summed E-state index contributed by atoms with van der Waals surface area (Å²) in [6.45, 7) is 1.61. The number of carbonyl (C=O) groups is 2. The van der Waals surface area contributed by atoms with Crippen LogP contribution in [-0.2, 0) is 9.53 Å². The van der Waals surface area contributed by atoms with Crippen LogP contribution in [0.2, 0.25) is 0 Å². The largest absolute Gasteiger partial charge is 0.441 e. The van der Waals surface area contributed by atoms with Gasteiger partial charge in [0.25, 0.3) is 5.91 Å². The van der Waals surface area contributed by atoms with Crippen LogP contribution in [0, 0.1) is 12.7 Å². The molecule has 1 aliphatic heterocycles. The second kappa shape index (κ2) is 4.72. The second-order valence-electron chi connectivity index (χ2n) is 4.60. The van der Waals surface area contributed by atoms with Crippen molar-refractivity contribution in [3.63, 3.8) is 0 Å². The van der Waals surface area contributed by atoms with E-state index < -0.39 is 23.9 Å². The van der Waals surface area contributed by atoms with Crippen LogP contribution in [0.25, 0.3) is 11.1 Å². The van der Waals surface area contributed by atoms with Crippen molar-refractivity contribution in [2.75, 3.05) is 18.5 Å². The van der Waals surface area contributed by atoms with E-state index in [1.807, 2.05) is 0 Å². The normalized spacial score (nSPS) is 18.1. The Bertz CT molecular complexity index is 742. The highest BCUT2D eigenvalue weighted by Crippen LogP contribution is 2.28. The van der Waals surface area contributed by atoms with Gasteiger partial charge >= 0.3 is 6.09 Å². The topological polar surface area (TPSA) is 84.7 Å². The van der Waals surface area contributed by atoms with E-state index >= 15 is 0 Å². The lowest BCUT2D eigenvalue weighted by Gasteiger charge is -2.12. The Morgan fingerprint density at radius 2 is 2.29 bits per heavy atom. The highest BCUT2D eigenvalue weighted by atomic mass is 19.1. The quantitative estimate of drug-likeness (QED) is 0.903. The van der Waals surface area contributed by atoms with Crippen molar-refractivity contribution in [3.05, 3.63) is 23.8 Å². The number of aryl methyl sites for hydroxylation is 1. The number of anilines is 1. The fraction of sp³-hybridized carbons (Fsp3) is 0.308. The van der Waals surface area contributed by atoms with Gasteiger partial charge in [-0.05, 0) is 0 Å². The molecule has 0 bridgehead atoms. The summed E-state index contributed by atoms with van der Waals surface area (Å²) in [7, 11) is 1.45. The zero-order valence-corrected chi connectivity index (χ0v) is 11.3. The highest BCUT2D eigenvalue weighted by Gasteiger charge is 2.37. The molecule has 1 N–H and O–H groups in total. The first kappa shape index (κ1) is 13.3. The van der Waals surface area contributed by atoms with E-state index in [4.69, 9.17) is 9.15 Å². The van der Waals surface area contributed by atoms with Gasteiger partial charge in [-0.15, -0.1) is 0 Å². The molecule has 2 aromatic rings. The van der Waals surface area contributed by atoms with Crippen molar-refractivity contribution < 1.29 is 23.1 Å². The number of benzene rings is 1. The molecule has 1 aromatic carbocycles. The summed E-state index contributed by atoms with van der Waals surface area (Å²) in [4.78, 5) is 28.4. The molecule has 1 atom stereocenters. The number of hydrogen-bond acceptors (Lipinski definition) is 5. The van der Waals surface area contributed by atoms with E-state index in [9.17, 15) is 14.0 Å². The number of carbonyl (C=O) groups excluding carboxylic acids is 2. The van der Waals surface area contributed by atoms with Crippen LogP contribution in [0.3, 0.4) is 0 Å². The van der Waals surface area contributed by atoms with Gasteiger partial charge in [0, 0.05) is 26.1 Å². The fourth-order valence-corrected chi connectivity index (χ4v) is 2.21. The first-order valence-corrected chi connectivity index (χ1v) is 6.26. The maximum atomic E-state index is 14.0. The molecule has 0 aliphatic carbocycles. The van der Waals surface area contributed by atoms with Crippen LogP contribution < -0.4 is 10.2 Å². The number of hydrogen-bond donors (Lipinski definition) is 1. The third-order valence-corrected chi connectivity index (χ3v) is 3.20. The number of cyclic esters (lactones) is 1. The Hall–Kier alpha value is -2.64. The molecule has 0 spiro atoms. The van der Waals surface area contributed by atoms with E-state index in [2.05, 4.69) is 10.3 Å². The van der Waals surface area contributed by atoms with Crippen LogP contribution in [0.5, 0.6) is 0 Å². The number of amides is 2. The zero-order chi connectivity index (χ0) is 15.1. The number of rotatable bonds is 2. The summed E-state index contributed by atoms with van der Waals surface area (Å²) < 4.78 is 24.2. The van der Waals surface area contributed by atoms with Crippen LogP contribution in [0.4, 0.5) is 14.9 Å². The highest BCUT2D eigenvalue weighted by molar-refractivity contribution is 5.96. The number of aromatic nitrogens is 1. The Labute approximate surface area is 118 Å². The monoisotopic (exact) mass is 293 g/mol. The Kier molecular flexibility index (Phi) is 3.00. The third kappa shape index (κ3) is 2.18. The van der Waals surface area contributed by atoms with Crippen LogP contribution in [-0.4, -0.2) is 36.7 Å². The van der Waals surface area contributed by atoms with E-state index in [-0.39, 0.29) is 23.3 Å². The van der Waals surface area contributed by atoms with Gasteiger partial charge in [-0.3, -0.25) is 9.69 Å². The molecule has 3 rings (SSSR count). The Balaban J connectivity index is 1.97. The van der Waals surface area contributed by atoms with E-state index in [0.29, 0.717) is 5.89 Å². The molecular formula is C13H12FN3O4. The lowest BCUT2D eigenvalue weighted by atomic mass is 10.2. The predicted molar refractivity (Wildman–Crippen MR) is 70.4 cm³/mol. The van der Waals surface area contributed by atoms with E-state index in [1.54, 1.807) is 6.92 Å². The van der Waals surface area contributed by atoms with Crippen LogP contribution in [0.1, 0.15) is 5.89 Å². The minimum atomic E-state index is -0.919. The first-order chi connectivity index (χ1) is 9.99. The van der Waals surface area contributed by atoms with Gasteiger partial charge in [-0.2, -0.15) is 0 Å². The van der Waals surface area contributed by atoms with Gasteiger partial charge in [0.1, 0.15) is 5.52 Å². The first-order valence-electron chi connectivity index (χ1n) is 6.26. The van der Waals surface area contributed by atoms with Crippen LogP contribution >= 0.6 is 0 Å². The van der Waals surface area contributed by atoms with Gasteiger partial charge in [-0.25, -0.2) is 14.2 Å². The number of nitrogens with one attached hydrogen (secondary N) is 1. The number of ether oxygens (including phenoxy) is 1. The molecule has 110 valence electrons. The number of oxazole rings is 1. The van der Waals surface area contributed by atoms with Gasteiger partial charge in [-0.1, -0.05) is 0 Å².